The summed E-state index contributed by atoms with van der Waals surface area (Å²) in [6, 6.07) is 16.5. The van der Waals surface area contributed by atoms with Crippen molar-refractivity contribution in [2.75, 3.05) is 13.7 Å². The van der Waals surface area contributed by atoms with Gasteiger partial charge in [0.1, 0.15) is 25.0 Å². The molecule has 0 aromatic heterocycles. The topological polar surface area (TPSA) is 68.2 Å². The number of hydrogen-bond acceptors (Lipinski definition) is 5. The summed E-state index contributed by atoms with van der Waals surface area (Å²) in [6.07, 6.45) is 0.202. The number of rotatable bonds is 5. The number of ether oxygens (including phenoxy) is 3. The zero-order valence-corrected chi connectivity index (χ0v) is 20.0. The molecule has 3 aromatic carbocycles. The molecule has 3 aromatic rings. The Morgan fingerprint density at radius 3 is 2.56 bits per heavy atom. The highest BCUT2D eigenvalue weighted by Crippen LogP contribution is 2.40. The predicted octanol–water partition coefficient (Wildman–Crippen LogP) is 5.53. The van der Waals surface area contributed by atoms with Crippen LogP contribution in [0.1, 0.15) is 28.4 Å². The molecule has 176 valence electrons. The molecule has 2 aliphatic heterocycles. The minimum Gasteiger partial charge on any atom is -0.489 e. The Morgan fingerprint density at radius 2 is 1.82 bits per heavy atom. The van der Waals surface area contributed by atoms with Gasteiger partial charge >= 0.3 is 5.97 Å². The van der Waals surface area contributed by atoms with E-state index < -0.39 is 12.0 Å². The summed E-state index contributed by atoms with van der Waals surface area (Å²) < 4.78 is 18.1. The van der Waals surface area contributed by atoms with Crippen LogP contribution in [0.15, 0.2) is 54.6 Å². The molecule has 0 aliphatic carbocycles. The number of hydrogen-bond donors (Lipinski definition) is 1. The van der Waals surface area contributed by atoms with Gasteiger partial charge in [-0.1, -0.05) is 41.4 Å². The minimum absolute atomic E-state index is 0.247. The maximum Gasteiger partial charge on any atom is 0.321 e. The molecule has 1 unspecified atom stereocenters. The fourth-order valence-electron chi connectivity index (χ4n) is 4.30. The van der Waals surface area contributed by atoms with Gasteiger partial charge < -0.3 is 19.3 Å². The van der Waals surface area contributed by atoms with Crippen molar-refractivity contribution < 1.29 is 24.1 Å². The van der Waals surface area contributed by atoms with Gasteiger partial charge in [0, 0.05) is 6.54 Å². The van der Waals surface area contributed by atoms with Crippen molar-refractivity contribution in [2.45, 2.75) is 31.7 Å². The van der Waals surface area contributed by atoms with Gasteiger partial charge in [-0.2, -0.15) is 0 Å². The second-order valence-electron chi connectivity index (χ2n) is 8.56. The van der Waals surface area contributed by atoms with Gasteiger partial charge in [0.2, 0.25) is 0 Å². The third-order valence-electron chi connectivity index (χ3n) is 6.22. The van der Waals surface area contributed by atoms with Crippen molar-refractivity contribution in [3.63, 3.8) is 0 Å². The lowest BCUT2D eigenvalue weighted by Crippen LogP contribution is -2.43. The van der Waals surface area contributed by atoms with E-state index in [4.69, 9.17) is 37.4 Å². The normalized spacial score (nSPS) is 19.4. The number of aliphatic carboxylic acids is 1. The monoisotopic (exact) mass is 499 g/mol. The highest BCUT2D eigenvalue weighted by Gasteiger charge is 2.31. The zero-order valence-electron chi connectivity index (χ0n) is 18.5. The number of carboxylic acids is 1. The Balaban J connectivity index is 1.25. The van der Waals surface area contributed by atoms with E-state index in [1.54, 1.807) is 12.1 Å². The van der Waals surface area contributed by atoms with Gasteiger partial charge in [-0.15, -0.1) is 0 Å². The number of carbonyl (C=O) groups is 1. The van der Waals surface area contributed by atoms with Gasteiger partial charge in [-0.05, 0) is 72.1 Å². The standard InChI is InChI=1S/C26H23Cl2NO5/c1-29-12-18-11-24-23(10-17(18)9-22(29)26(30)31)33-14-25(34-24)16-3-5-19(6-4-16)32-13-15-2-7-20(27)21(28)8-15/h2-8,10-11,22,25H,9,12-14H2,1H3,(H,30,31)/t22?,25-/m0/s1. The molecule has 2 heterocycles. The Labute approximate surface area is 207 Å². The Hall–Kier alpha value is -2.93. The molecule has 6 nitrogen and oxygen atoms in total. The predicted molar refractivity (Wildman–Crippen MR) is 129 cm³/mol. The van der Waals surface area contributed by atoms with Crippen molar-refractivity contribution >= 4 is 29.2 Å². The molecule has 5 rings (SSSR count). The lowest BCUT2D eigenvalue weighted by Gasteiger charge is -2.33. The van der Waals surface area contributed by atoms with Crippen LogP contribution in [0.5, 0.6) is 17.2 Å². The number of halogens is 2. The van der Waals surface area contributed by atoms with Crippen LogP contribution in [-0.2, 0) is 24.4 Å². The first kappa shape index (κ1) is 22.8. The number of nitrogens with zero attached hydrogens (tertiary/aromatic N) is 1. The van der Waals surface area contributed by atoms with Crippen molar-refractivity contribution in [1.82, 2.24) is 4.90 Å². The van der Waals surface area contributed by atoms with E-state index in [-0.39, 0.29) is 6.10 Å². The van der Waals surface area contributed by atoms with Crippen LogP contribution >= 0.6 is 23.2 Å². The first-order chi connectivity index (χ1) is 16.4. The third-order valence-corrected chi connectivity index (χ3v) is 6.96. The lowest BCUT2D eigenvalue weighted by atomic mass is 9.93. The first-order valence-electron chi connectivity index (χ1n) is 10.9. The molecule has 34 heavy (non-hydrogen) atoms. The van der Waals surface area contributed by atoms with Crippen LogP contribution in [0.3, 0.4) is 0 Å². The summed E-state index contributed by atoms with van der Waals surface area (Å²) >= 11 is 12.0. The average molecular weight is 500 g/mol. The number of benzene rings is 3. The lowest BCUT2D eigenvalue weighted by molar-refractivity contribution is -0.143. The molecule has 0 saturated heterocycles. The molecular weight excluding hydrogens is 477 g/mol. The summed E-state index contributed by atoms with van der Waals surface area (Å²) in [5.41, 5.74) is 3.97. The fourth-order valence-corrected chi connectivity index (χ4v) is 4.62. The van der Waals surface area contributed by atoms with Crippen molar-refractivity contribution in [2.24, 2.45) is 0 Å². The van der Waals surface area contributed by atoms with Crippen LogP contribution < -0.4 is 14.2 Å². The highest BCUT2D eigenvalue weighted by molar-refractivity contribution is 6.42. The molecule has 2 atom stereocenters. The summed E-state index contributed by atoms with van der Waals surface area (Å²) in [6.45, 7) is 1.31. The summed E-state index contributed by atoms with van der Waals surface area (Å²) in [4.78, 5) is 13.4. The summed E-state index contributed by atoms with van der Waals surface area (Å²) in [5.74, 6) is 1.26. The smallest absolute Gasteiger partial charge is 0.321 e. The maximum atomic E-state index is 11.5. The molecule has 8 heteroatoms. The molecule has 0 radical (unpaired) electrons. The van der Waals surface area contributed by atoms with E-state index in [9.17, 15) is 9.90 Å². The minimum atomic E-state index is -0.813. The van der Waals surface area contributed by atoms with Crippen molar-refractivity contribution in [1.29, 1.82) is 0 Å². The van der Waals surface area contributed by atoms with E-state index in [1.165, 1.54) is 0 Å². The Bertz CT molecular complexity index is 1230. The van der Waals surface area contributed by atoms with Gasteiger partial charge in [0.25, 0.3) is 0 Å². The van der Waals surface area contributed by atoms with Crippen molar-refractivity contribution in [3.05, 3.63) is 86.9 Å². The zero-order chi connectivity index (χ0) is 23.8. The second-order valence-corrected chi connectivity index (χ2v) is 9.38. The van der Waals surface area contributed by atoms with Crippen molar-refractivity contribution in [3.8, 4) is 17.2 Å². The maximum absolute atomic E-state index is 11.5. The van der Waals surface area contributed by atoms with Crippen LogP contribution in [-0.4, -0.2) is 35.7 Å². The van der Waals surface area contributed by atoms with Crippen LogP contribution in [0.2, 0.25) is 10.0 Å². The summed E-state index contributed by atoms with van der Waals surface area (Å²) in [5, 5.41) is 10.5. The molecule has 0 amide bonds. The van der Waals surface area contributed by atoms with Crippen LogP contribution in [0.25, 0.3) is 0 Å². The Kier molecular flexibility index (Phi) is 6.30. The highest BCUT2D eigenvalue weighted by atomic mass is 35.5. The molecular formula is C26H23Cl2NO5. The van der Waals surface area contributed by atoms with E-state index in [1.807, 2.05) is 54.4 Å². The quantitative estimate of drug-likeness (QED) is 0.497. The third kappa shape index (κ3) is 4.67. The molecule has 0 fully saturated rings. The largest absolute Gasteiger partial charge is 0.489 e. The van der Waals surface area contributed by atoms with Gasteiger partial charge in [-0.25, -0.2) is 0 Å². The number of carboxylic acid groups (broad SMARTS) is 1. The van der Waals surface area contributed by atoms with Crippen LogP contribution in [0, 0.1) is 0 Å². The molecule has 0 bridgehead atoms. The second kappa shape index (κ2) is 9.37. The molecule has 0 saturated carbocycles. The van der Waals surface area contributed by atoms with Gasteiger partial charge in [-0.3, -0.25) is 9.69 Å². The molecule has 2 aliphatic rings. The fraction of sp³-hybridized carbons (Fsp3) is 0.269. The van der Waals surface area contributed by atoms with Gasteiger partial charge in [0.15, 0.2) is 17.6 Å². The van der Waals surface area contributed by atoms with E-state index in [2.05, 4.69) is 0 Å². The van der Waals surface area contributed by atoms with Gasteiger partial charge in [0.05, 0.1) is 10.0 Å². The molecule has 1 N–H and O–H groups in total. The Morgan fingerprint density at radius 1 is 1.06 bits per heavy atom. The molecule has 0 spiro atoms. The van der Waals surface area contributed by atoms with E-state index in [0.29, 0.717) is 47.7 Å². The first-order valence-corrected chi connectivity index (χ1v) is 11.7. The SMILES string of the molecule is CN1Cc2cc3c(cc2CC1C(=O)O)OC[C@@H](c1ccc(OCc2ccc(Cl)c(Cl)c2)cc1)O3. The van der Waals surface area contributed by atoms with E-state index >= 15 is 0 Å². The van der Waals surface area contributed by atoms with Crippen LogP contribution in [0.4, 0.5) is 0 Å². The summed E-state index contributed by atoms with van der Waals surface area (Å²) in [7, 11) is 1.83. The van der Waals surface area contributed by atoms with E-state index in [0.717, 1.165) is 28.0 Å². The average Bonchev–Trinajstić information content (AvgIpc) is 2.83. The number of fused-ring (bicyclic) bond motifs is 2. The number of likely N-dealkylation sites (N-methyl/N-ethyl adjacent to an activating group) is 1.